The summed E-state index contributed by atoms with van der Waals surface area (Å²) in [5.41, 5.74) is 1.77. The summed E-state index contributed by atoms with van der Waals surface area (Å²) < 4.78 is 27.7. The quantitative estimate of drug-likeness (QED) is 0.889. The number of benzene rings is 1. The number of amides is 1. The molecule has 2 aliphatic heterocycles. The van der Waals surface area contributed by atoms with Crippen LogP contribution in [0.1, 0.15) is 32.3 Å². The molecule has 3 rings (SSSR count). The van der Waals surface area contributed by atoms with Crippen molar-refractivity contribution in [3.63, 3.8) is 0 Å². The molecule has 2 unspecified atom stereocenters. The van der Waals surface area contributed by atoms with E-state index in [4.69, 9.17) is 0 Å². The van der Waals surface area contributed by atoms with Gasteiger partial charge in [0.15, 0.2) is 0 Å². The topological polar surface area (TPSA) is 69.7 Å². The Hall–Kier alpha value is -1.44. The van der Waals surface area contributed by atoms with Gasteiger partial charge in [0.1, 0.15) is 0 Å². The summed E-state index contributed by atoms with van der Waals surface area (Å²) in [5.74, 6) is -0.00881. The van der Waals surface area contributed by atoms with E-state index in [1.54, 1.807) is 34.3 Å². The molecular formula is C17H25N3O3S. The Morgan fingerprint density at radius 3 is 2.79 bits per heavy atom. The summed E-state index contributed by atoms with van der Waals surface area (Å²) in [6.45, 7) is 4.77. The van der Waals surface area contributed by atoms with Crippen molar-refractivity contribution < 1.29 is 13.2 Å². The lowest BCUT2D eigenvalue weighted by atomic mass is 10.1. The van der Waals surface area contributed by atoms with E-state index in [1.807, 2.05) is 14.0 Å². The molecule has 1 aromatic rings. The van der Waals surface area contributed by atoms with Gasteiger partial charge in [-0.15, -0.1) is 0 Å². The zero-order chi connectivity index (χ0) is 17.5. The van der Waals surface area contributed by atoms with Crippen LogP contribution in [0.5, 0.6) is 0 Å². The van der Waals surface area contributed by atoms with Gasteiger partial charge < -0.3 is 10.2 Å². The van der Waals surface area contributed by atoms with Crippen LogP contribution >= 0.6 is 0 Å². The Labute approximate surface area is 143 Å². The number of rotatable bonds is 4. The zero-order valence-electron chi connectivity index (χ0n) is 14.4. The minimum atomic E-state index is -3.50. The van der Waals surface area contributed by atoms with Crippen LogP contribution in [0.15, 0.2) is 23.1 Å². The molecule has 2 atom stereocenters. The summed E-state index contributed by atoms with van der Waals surface area (Å²) in [6, 6.07) is 5.24. The van der Waals surface area contributed by atoms with Crippen LogP contribution in [-0.2, 0) is 21.2 Å². The van der Waals surface area contributed by atoms with Gasteiger partial charge in [-0.2, -0.15) is 4.31 Å². The molecule has 2 aliphatic rings. The maximum atomic E-state index is 13.0. The Balaban J connectivity index is 1.94. The number of fused-ring (bicyclic) bond motifs is 1. The van der Waals surface area contributed by atoms with Crippen LogP contribution in [0.2, 0.25) is 0 Å². The third-order valence-corrected chi connectivity index (χ3v) is 6.92. The van der Waals surface area contributed by atoms with Crippen LogP contribution in [0.3, 0.4) is 0 Å². The van der Waals surface area contributed by atoms with Gasteiger partial charge in [0.05, 0.1) is 4.90 Å². The van der Waals surface area contributed by atoms with Crippen LogP contribution < -0.4 is 10.2 Å². The second kappa shape index (κ2) is 6.46. The zero-order valence-corrected chi connectivity index (χ0v) is 15.3. The summed E-state index contributed by atoms with van der Waals surface area (Å²) in [4.78, 5) is 13.9. The maximum absolute atomic E-state index is 13.0. The van der Waals surface area contributed by atoms with Gasteiger partial charge in [-0.1, -0.05) is 0 Å². The maximum Gasteiger partial charge on any atom is 0.243 e. The standard InChI is InChI=1S/C17H25N3O3S/c1-12-9-14-10-16(6-7-17(14)20(12)13(2)21)24(22,23)19-8-4-5-15(19)11-18-3/h6-7,10,12,15,18H,4-5,8-9,11H2,1-3H3. The normalized spacial score (nSPS) is 24.4. The average molecular weight is 351 g/mol. The molecule has 2 heterocycles. The average Bonchev–Trinajstić information content (AvgIpc) is 3.10. The fourth-order valence-corrected chi connectivity index (χ4v) is 5.69. The fourth-order valence-electron chi connectivity index (χ4n) is 3.95. The number of hydrogen-bond donors (Lipinski definition) is 1. The van der Waals surface area contributed by atoms with Gasteiger partial charge in [-0.05, 0) is 57.0 Å². The van der Waals surface area contributed by atoms with E-state index in [2.05, 4.69) is 5.32 Å². The molecule has 0 aromatic heterocycles. The summed E-state index contributed by atoms with van der Waals surface area (Å²) in [5, 5.41) is 3.08. The van der Waals surface area contributed by atoms with Crippen LogP contribution in [0, 0.1) is 0 Å². The Morgan fingerprint density at radius 2 is 2.12 bits per heavy atom. The van der Waals surface area contributed by atoms with E-state index >= 15 is 0 Å². The second-order valence-corrected chi connectivity index (χ2v) is 8.59. The van der Waals surface area contributed by atoms with Crippen molar-refractivity contribution in [3.05, 3.63) is 23.8 Å². The lowest BCUT2D eigenvalue weighted by Gasteiger charge is -2.24. The number of sulfonamides is 1. The summed E-state index contributed by atoms with van der Waals surface area (Å²) >= 11 is 0. The lowest BCUT2D eigenvalue weighted by molar-refractivity contribution is -0.116. The molecule has 7 heteroatoms. The fraction of sp³-hybridized carbons (Fsp3) is 0.588. The molecule has 1 aromatic carbocycles. The molecule has 24 heavy (non-hydrogen) atoms. The molecule has 1 N–H and O–H groups in total. The van der Waals surface area contributed by atoms with Crippen molar-refractivity contribution in [3.8, 4) is 0 Å². The molecule has 6 nitrogen and oxygen atoms in total. The molecule has 1 saturated heterocycles. The van der Waals surface area contributed by atoms with Gasteiger partial charge in [0.25, 0.3) is 0 Å². The van der Waals surface area contributed by atoms with E-state index in [9.17, 15) is 13.2 Å². The first-order chi connectivity index (χ1) is 11.4. The van der Waals surface area contributed by atoms with E-state index < -0.39 is 10.0 Å². The Morgan fingerprint density at radius 1 is 1.38 bits per heavy atom. The van der Waals surface area contributed by atoms with Gasteiger partial charge in [-0.25, -0.2) is 8.42 Å². The monoisotopic (exact) mass is 351 g/mol. The molecule has 0 bridgehead atoms. The number of likely N-dealkylation sites (N-methyl/N-ethyl adjacent to an activating group) is 1. The van der Waals surface area contributed by atoms with E-state index in [-0.39, 0.29) is 18.0 Å². The Kier molecular flexibility index (Phi) is 4.68. The molecule has 0 aliphatic carbocycles. The Bertz CT molecular complexity index is 747. The van der Waals surface area contributed by atoms with Crippen molar-refractivity contribution in [1.82, 2.24) is 9.62 Å². The smallest absolute Gasteiger partial charge is 0.243 e. The second-order valence-electron chi connectivity index (χ2n) is 6.70. The van der Waals surface area contributed by atoms with Gasteiger partial charge in [-0.3, -0.25) is 4.79 Å². The number of nitrogens with one attached hydrogen (secondary N) is 1. The number of nitrogens with zero attached hydrogens (tertiary/aromatic N) is 2. The van der Waals surface area contributed by atoms with Gasteiger partial charge in [0, 0.05) is 37.8 Å². The van der Waals surface area contributed by atoms with Crippen molar-refractivity contribution in [1.29, 1.82) is 0 Å². The number of anilines is 1. The first kappa shape index (κ1) is 17.4. The lowest BCUT2D eigenvalue weighted by Crippen LogP contribution is -2.40. The van der Waals surface area contributed by atoms with Gasteiger partial charge >= 0.3 is 0 Å². The minimum absolute atomic E-state index is 0.00881. The predicted octanol–water partition coefficient (Wildman–Crippen LogP) is 1.36. The van der Waals surface area contributed by atoms with Crippen molar-refractivity contribution in [2.24, 2.45) is 0 Å². The van der Waals surface area contributed by atoms with Crippen molar-refractivity contribution >= 4 is 21.6 Å². The number of hydrogen-bond acceptors (Lipinski definition) is 4. The molecule has 0 spiro atoms. The highest BCUT2D eigenvalue weighted by Gasteiger charge is 2.36. The SMILES string of the molecule is CNCC1CCCN1S(=O)(=O)c1ccc2c(c1)CC(C)N2C(C)=O. The highest BCUT2D eigenvalue weighted by molar-refractivity contribution is 7.89. The molecule has 0 radical (unpaired) electrons. The largest absolute Gasteiger partial charge is 0.318 e. The third-order valence-electron chi connectivity index (χ3n) is 4.98. The number of carbonyl (C=O) groups excluding carboxylic acids is 1. The molecule has 0 saturated carbocycles. The van der Waals surface area contributed by atoms with Crippen molar-refractivity contribution in [2.45, 2.75) is 50.1 Å². The first-order valence-corrected chi connectivity index (χ1v) is 9.89. The molecular weight excluding hydrogens is 326 g/mol. The predicted molar refractivity (Wildman–Crippen MR) is 93.6 cm³/mol. The molecule has 132 valence electrons. The summed E-state index contributed by atoms with van der Waals surface area (Å²) in [7, 11) is -1.65. The van der Waals surface area contributed by atoms with Gasteiger partial charge in [0.2, 0.25) is 15.9 Å². The van der Waals surface area contributed by atoms with Crippen LogP contribution in [0.25, 0.3) is 0 Å². The molecule has 1 fully saturated rings. The van der Waals surface area contributed by atoms with Crippen LogP contribution in [-0.4, -0.2) is 50.9 Å². The van der Waals surface area contributed by atoms with E-state index in [0.29, 0.717) is 24.4 Å². The highest BCUT2D eigenvalue weighted by atomic mass is 32.2. The van der Waals surface area contributed by atoms with E-state index in [0.717, 1.165) is 24.1 Å². The first-order valence-electron chi connectivity index (χ1n) is 8.45. The highest BCUT2D eigenvalue weighted by Crippen LogP contribution is 2.35. The van der Waals surface area contributed by atoms with E-state index in [1.165, 1.54) is 0 Å². The van der Waals surface area contributed by atoms with Crippen LogP contribution in [0.4, 0.5) is 5.69 Å². The van der Waals surface area contributed by atoms with Crippen molar-refractivity contribution in [2.75, 3.05) is 25.0 Å². The minimum Gasteiger partial charge on any atom is -0.318 e. The third kappa shape index (κ3) is 2.85. The summed E-state index contributed by atoms with van der Waals surface area (Å²) in [6.07, 6.45) is 2.48. The number of carbonyl (C=O) groups is 1. The molecule has 1 amide bonds.